The first-order chi connectivity index (χ1) is 15.6. The van der Waals surface area contributed by atoms with Crippen molar-refractivity contribution in [3.05, 3.63) is 42.0 Å². The van der Waals surface area contributed by atoms with E-state index in [9.17, 15) is 4.79 Å². The van der Waals surface area contributed by atoms with Gasteiger partial charge in [0.25, 0.3) is 0 Å². The van der Waals surface area contributed by atoms with Crippen molar-refractivity contribution < 1.29 is 14.3 Å². The van der Waals surface area contributed by atoms with E-state index in [1.165, 1.54) is 22.8 Å². The quantitative estimate of drug-likeness (QED) is 0.369. The zero-order valence-electron chi connectivity index (χ0n) is 21.5. The normalized spacial score (nSPS) is 16.8. The number of piperidine rings is 1. The van der Waals surface area contributed by atoms with Gasteiger partial charge in [-0.1, -0.05) is 45.9 Å². The summed E-state index contributed by atoms with van der Waals surface area (Å²) < 4.78 is 11.5. The van der Waals surface area contributed by atoms with Gasteiger partial charge in [0, 0.05) is 6.54 Å². The molecule has 1 unspecified atom stereocenters. The second kappa shape index (κ2) is 11.4. The summed E-state index contributed by atoms with van der Waals surface area (Å²) in [5.41, 5.74) is 1.60. The second-order valence-corrected chi connectivity index (χ2v) is 11.0. The van der Waals surface area contributed by atoms with Crippen molar-refractivity contribution in [2.24, 2.45) is 17.3 Å². The smallest absolute Gasteiger partial charge is 0.309 e. The van der Waals surface area contributed by atoms with Gasteiger partial charge in [0.2, 0.25) is 0 Å². The van der Waals surface area contributed by atoms with E-state index in [0.717, 1.165) is 44.6 Å². The van der Waals surface area contributed by atoms with Gasteiger partial charge in [0.1, 0.15) is 5.75 Å². The minimum atomic E-state index is -0.0290. The molecule has 2 aromatic rings. The van der Waals surface area contributed by atoms with Crippen LogP contribution in [0, 0.1) is 17.3 Å². The summed E-state index contributed by atoms with van der Waals surface area (Å²) >= 11 is 0. The van der Waals surface area contributed by atoms with Crippen molar-refractivity contribution in [2.75, 3.05) is 19.7 Å². The summed E-state index contributed by atoms with van der Waals surface area (Å²) in [6, 6.07) is 13.1. The molecule has 0 aliphatic carbocycles. The predicted molar refractivity (Wildman–Crippen MR) is 137 cm³/mol. The molecule has 3 rings (SSSR count). The summed E-state index contributed by atoms with van der Waals surface area (Å²) in [6.45, 7) is 16.6. The van der Waals surface area contributed by atoms with Gasteiger partial charge in [-0.3, -0.25) is 9.69 Å². The standard InChI is InChI=1S/C29H43NO3/c1-7-32-28(31)24-12-14-30(15-13-24)20-23-8-9-26-17-27(11-10-25(26)16-23)33-22(4)19-29(5,6)18-21(2)3/h8-11,16-17,21-22,24H,7,12-15,18-20H2,1-6H3. The van der Waals surface area contributed by atoms with Crippen molar-refractivity contribution in [1.82, 2.24) is 4.90 Å². The molecule has 0 N–H and O–H groups in total. The van der Waals surface area contributed by atoms with Crippen LogP contribution in [0.4, 0.5) is 0 Å². The summed E-state index contributed by atoms with van der Waals surface area (Å²) in [6.07, 6.45) is 4.22. The van der Waals surface area contributed by atoms with E-state index in [4.69, 9.17) is 9.47 Å². The lowest BCUT2D eigenvalue weighted by atomic mass is 9.79. The highest BCUT2D eigenvalue weighted by Gasteiger charge is 2.26. The molecule has 1 fully saturated rings. The number of carbonyl (C=O) groups excluding carboxylic acids is 1. The van der Waals surface area contributed by atoms with Crippen molar-refractivity contribution in [1.29, 1.82) is 0 Å². The number of esters is 1. The Hall–Kier alpha value is -2.07. The van der Waals surface area contributed by atoms with Gasteiger partial charge < -0.3 is 9.47 Å². The van der Waals surface area contributed by atoms with Crippen molar-refractivity contribution in [3.8, 4) is 5.75 Å². The van der Waals surface area contributed by atoms with E-state index in [-0.39, 0.29) is 23.4 Å². The van der Waals surface area contributed by atoms with Crippen LogP contribution in [-0.4, -0.2) is 36.7 Å². The first kappa shape index (κ1) is 25.6. The molecule has 33 heavy (non-hydrogen) atoms. The van der Waals surface area contributed by atoms with Gasteiger partial charge in [0.15, 0.2) is 0 Å². The topological polar surface area (TPSA) is 38.8 Å². The van der Waals surface area contributed by atoms with Crippen LogP contribution in [0.25, 0.3) is 10.8 Å². The maximum absolute atomic E-state index is 12.0. The van der Waals surface area contributed by atoms with E-state index in [1.807, 2.05) is 6.92 Å². The number of hydrogen-bond donors (Lipinski definition) is 0. The van der Waals surface area contributed by atoms with E-state index in [2.05, 4.69) is 75.9 Å². The number of carbonyl (C=O) groups is 1. The van der Waals surface area contributed by atoms with Gasteiger partial charge in [-0.15, -0.1) is 0 Å². The van der Waals surface area contributed by atoms with E-state index in [1.54, 1.807) is 0 Å². The Labute approximate surface area is 200 Å². The molecule has 0 saturated carbocycles. The molecule has 0 radical (unpaired) electrons. The van der Waals surface area contributed by atoms with Crippen molar-refractivity contribution >= 4 is 16.7 Å². The third-order valence-electron chi connectivity index (χ3n) is 6.63. The van der Waals surface area contributed by atoms with Crippen LogP contribution in [0.15, 0.2) is 36.4 Å². The number of rotatable bonds is 10. The molecular formula is C29H43NO3. The Bertz CT molecular complexity index is 912. The van der Waals surface area contributed by atoms with Crippen LogP contribution in [0.1, 0.15) is 72.8 Å². The van der Waals surface area contributed by atoms with Gasteiger partial charge in [-0.25, -0.2) is 0 Å². The van der Waals surface area contributed by atoms with Crippen LogP contribution in [0.3, 0.4) is 0 Å². The lowest BCUT2D eigenvalue weighted by Gasteiger charge is -2.31. The fourth-order valence-corrected chi connectivity index (χ4v) is 5.53. The van der Waals surface area contributed by atoms with Gasteiger partial charge in [-0.05, 0) is 98.5 Å². The van der Waals surface area contributed by atoms with Gasteiger partial charge >= 0.3 is 5.97 Å². The fraction of sp³-hybridized carbons (Fsp3) is 0.621. The maximum Gasteiger partial charge on any atom is 0.309 e. The van der Waals surface area contributed by atoms with E-state index in [0.29, 0.717) is 12.5 Å². The molecule has 1 heterocycles. The third-order valence-corrected chi connectivity index (χ3v) is 6.63. The van der Waals surface area contributed by atoms with E-state index < -0.39 is 0 Å². The molecular weight excluding hydrogens is 410 g/mol. The highest BCUT2D eigenvalue weighted by Crippen LogP contribution is 2.32. The third kappa shape index (κ3) is 7.74. The van der Waals surface area contributed by atoms with Crippen LogP contribution in [0.2, 0.25) is 0 Å². The number of ether oxygens (including phenoxy) is 2. The highest BCUT2D eigenvalue weighted by molar-refractivity contribution is 5.84. The average molecular weight is 454 g/mol. The molecule has 0 aromatic heterocycles. The van der Waals surface area contributed by atoms with Gasteiger partial charge in [0.05, 0.1) is 18.6 Å². The molecule has 1 aliphatic rings. The minimum absolute atomic E-state index is 0.0290. The largest absolute Gasteiger partial charge is 0.491 e. The summed E-state index contributed by atoms with van der Waals surface area (Å²) in [5.74, 6) is 1.68. The molecule has 0 bridgehead atoms. The fourth-order valence-electron chi connectivity index (χ4n) is 5.53. The summed E-state index contributed by atoms with van der Waals surface area (Å²) in [4.78, 5) is 14.4. The molecule has 1 aliphatic heterocycles. The average Bonchev–Trinajstić information content (AvgIpc) is 2.73. The zero-order valence-corrected chi connectivity index (χ0v) is 21.5. The number of hydrogen-bond acceptors (Lipinski definition) is 4. The lowest BCUT2D eigenvalue weighted by Crippen LogP contribution is -2.36. The molecule has 2 aromatic carbocycles. The Morgan fingerprint density at radius 2 is 1.70 bits per heavy atom. The minimum Gasteiger partial charge on any atom is -0.491 e. The second-order valence-electron chi connectivity index (χ2n) is 11.0. The number of fused-ring (bicyclic) bond motifs is 1. The monoisotopic (exact) mass is 453 g/mol. The lowest BCUT2D eigenvalue weighted by molar-refractivity contribution is -0.149. The Balaban J connectivity index is 1.56. The van der Waals surface area contributed by atoms with Crippen molar-refractivity contribution in [2.45, 2.75) is 79.9 Å². The Morgan fingerprint density at radius 1 is 1.03 bits per heavy atom. The molecule has 182 valence electrons. The number of nitrogens with zero attached hydrogens (tertiary/aromatic N) is 1. The first-order valence-corrected chi connectivity index (χ1v) is 12.7. The number of likely N-dealkylation sites (tertiary alicyclic amines) is 1. The van der Waals surface area contributed by atoms with E-state index >= 15 is 0 Å². The molecule has 0 amide bonds. The molecule has 0 spiro atoms. The molecule has 4 nitrogen and oxygen atoms in total. The van der Waals surface area contributed by atoms with Crippen LogP contribution >= 0.6 is 0 Å². The summed E-state index contributed by atoms with van der Waals surface area (Å²) in [5, 5.41) is 2.46. The Morgan fingerprint density at radius 3 is 2.36 bits per heavy atom. The summed E-state index contributed by atoms with van der Waals surface area (Å²) in [7, 11) is 0. The van der Waals surface area contributed by atoms with Gasteiger partial charge in [-0.2, -0.15) is 0 Å². The van der Waals surface area contributed by atoms with Crippen LogP contribution in [0.5, 0.6) is 5.75 Å². The maximum atomic E-state index is 12.0. The molecule has 1 saturated heterocycles. The SMILES string of the molecule is CCOC(=O)C1CCN(Cc2ccc3cc(OC(C)CC(C)(C)CC(C)C)ccc3c2)CC1. The van der Waals surface area contributed by atoms with Crippen LogP contribution < -0.4 is 4.74 Å². The van der Waals surface area contributed by atoms with Crippen molar-refractivity contribution in [3.63, 3.8) is 0 Å². The zero-order chi connectivity index (χ0) is 24.0. The molecule has 4 heteroatoms. The van der Waals surface area contributed by atoms with Crippen LogP contribution in [-0.2, 0) is 16.1 Å². The highest BCUT2D eigenvalue weighted by atomic mass is 16.5. The number of benzene rings is 2. The Kier molecular flexibility index (Phi) is 8.81. The predicted octanol–water partition coefficient (Wildman–Crippen LogP) is 6.84. The first-order valence-electron chi connectivity index (χ1n) is 12.7. The molecule has 1 atom stereocenters.